The number of amides is 1. The van der Waals surface area contributed by atoms with Crippen LogP contribution in [-0.4, -0.2) is 40.5 Å². The average molecular weight is 344 g/mol. The van der Waals surface area contributed by atoms with Gasteiger partial charge < -0.3 is 19.8 Å². The lowest BCUT2D eigenvalue weighted by Gasteiger charge is -2.28. The number of nitrogens with one attached hydrogen (secondary N) is 2. The molecule has 25 heavy (non-hydrogen) atoms. The first kappa shape index (κ1) is 16.4. The summed E-state index contributed by atoms with van der Waals surface area (Å²) in [6.07, 6.45) is 6.88. The molecular formula is C18H24N4O3. The molecule has 134 valence electrons. The Labute approximate surface area is 146 Å². The molecule has 1 saturated heterocycles. The molecule has 0 bridgehead atoms. The second-order valence-electron chi connectivity index (χ2n) is 6.67. The van der Waals surface area contributed by atoms with Crippen molar-refractivity contribution in [3.05, 3.63) is 41.5 Å². The van der Waals surface area contributed by atoms with E-state index >= 15 is 0 Å². The second kappa shape index (κ2) is 7.41. The van der Waals surface area contributed by atoms with Crippen molar-refractivity contribution < 1.29 is 14.3 Å². The average Bonchev–Trinajstić information content (AvgIpc) is 3.31. The van der Waals surface area contributed by atoms with Gasteiger partial charge in [-0.3, -0.25) is 9.48 Å². The van der Waals surface area contributed by atoms with Crippen molar-refractivity contribution in [3.8, 4) is 0 Å². The van der Waals surface area contributed by atoms with Crippen LogP contribution in [0.15, 0.2) is 24.5 Å². The van der Waals surface area contributed by atoms with Crippen molar-refractivity contribution in [2.75, 3.05) is 19.8 Å². The maximum absolute atomic E-state index is 12.3. The van der Waals surface area contributed by atoms with Gasteiger partial charge in [-0.25, -0.2) is 0 Å². The number of carbonyl (C=O) groups excluding carboxylic acids is 1. The van der Waals surface area contributed by atoms with Gasteiger partial charge in [0.1, 0.15) is 0 Å². The fourth-order valence-electron chi connectivity index (χ4n) is 3.61. The molecule has 7 heteroatoms. The highest BCUT2D eigenvalue weighted by atomic mass is 16.5. The summed E-state index contributed by atoms with van der Waals surface area (Å²) in [7, 11) is 0. The summed E-state index contributed by atoms with van der Waals surface area (Å²) in [6.45, 7) is 2.61. The maximum atomic E-state index is 12.3. The van der Waals surface area contributed by atoms with Gasteiger partial charge in [0.15, 0.2) is 0 Å². The van der Waals surface area contributed by atoms with Gasteiger partial charge in [-0.05, 0) is 31.4 Å². The minimum atomic E-state index is -0.117. The van der Waals surface area contributed by atoms with Crippen molar-refractivity contribution in [2.24, 2.45) is 0 Å². The Morgan fingerprint density at radius 2 is 2.24 bits per heavy atom. The maximum Gasteiger partial charge on any atom is 0.220 e. The number of aryl methyl sites for hydroxylation is 1. The number of rotatable bonds is 5. The van der Waals surface area contributed by atoms with Crippen LogP contribution in [0.2, 0.25) is 0 Å². The van der Waals surface area contributed by atoms with E-state index in [2.05, 4.69) is 20.1 Å². The lowest BCUT2D eigenvalue weighted by atomic mass is 10.0. The highest BCUT2D eigenvalue weighted by molar-refractivity contribution is 5.76. The summed E-state index contributed by atoms with van der Waals surface area (Å²) in [5, 5.41) is 7.69. The van der Waals surface area contributed by atoms with Gasteiger partial charge in [0.25, 0.3) is 0 Å². The third-order valence-corrected chi connectivity index (χ3v) is 4.99. The van der Waals surface area contributed by atoms with Crippen molar-refractivity contribution in [3.63, 3.8) is 0 Å². The zero-order valence-corrected chi connectivity index (χ0v) is 14.2. The van der Waals surface area contributed by atoms with Crippen LogP contribution in [0.3, 0.4) is 0 Å². The van der Waals surface area contributed by atoms with E-state index in [1.54, 1.807) is 0 Å². The van der Waals surface area contributed by atoms with Crippen LogP contribution in [0.5, 0.6) is 0 Å². The highest BCUT2D eigenvalue weighted by Gasteiger charge is 2.29. The van der Waals surface area contributed by atoms with E-state index in [0.29, 0.717) is 32.1 Å². The Kier molecular flexibility index (Phi) is 4.85. The molecule has 0 saturated carbocycles. The minimum Gasteiger partial charge on any atom is -0.381 e. The molecule has 0 spiro atoms. The van der Waals surface area contributed by atoms with E-state index in [0.717, 1.165) is 43.0 Å². The first-order chi connectivity index (χ1) is 12.3. The van der Waals surface area contributed by atoms with Gasteiger partial charge in [0.05, 0.1) is 37.2 Å². The molecule has 0 aromatic carbocycles. The second-order valence-corrected chi connectivity index (χ2v) is 6.67. The van der Waals surface area contributed by atoms with Crippen LogP contribution < -0.4 is 5.32 Å². The SMILES string of the molecule is O=C(CCc1ccc[nH]1)NC1COCc2c1cnn2C1CCOCC1. The predicted octanol–water partition coefficient (Wildman–Crippen LogP) is 1.88. The van der Waals surface area contributed by atoms with Crippen molar-refractivity contribution in [1.82, 2.24) is 20.1 Å². The quantitative estimate of drug-likeness (QED) is 0.868. The topological polar surface area (TPSA) is 81.2 Å². The summed E-state index contributed by atoms with van der Waals surface area (Å²) in [4.78, 5) is 15.4. The van der Waals surface area contributed by atoms with Crippen molar-refractivity contribution in [2.45, 2.75) is 44.4 Å². The molecule has 1 atom stereocenters. The summed E-state index contributed by atoms with van der Waals surface area (Å²) >= 11 is 0. The highest BCUT2D eigenvalue weighted by Crippen LogP contribution is 2.30. The fraction of sp³-hybridized carbons (Fsp3) is 0.556. The predicted molar refractivity (Wildman–Crippen MR) is 91.0 cm³/mol. The molecule has 4 rings (SSSR count). The molecule has 2 aliphatic rings. The smallest absolute Gasteiger partial charge is 0.220 e. The molecule has 0 aliphatic carbocycles. The number of fused-ring (bicyclic) bond motifs is 1. The summed E-state index contributed by atoms with van der Waals surface area (Å²) in [5.74, 6) is 0.0369. The third kappa shape index (κ3) is 3.62. The van der Waals surface area contributed by atoms with Gasteiger partial charge in [0, 0.05) is 37.1 Å². The van der Waals surface area contributed by atoms with E-state index < -0.39 is 0 Å². The number of aromatic nitrogens is 3. The number of hydrogen-bond acceptors (Lipinski definition) is 4. The number of nitrogens with zero attached hydrogens (tertiary/aromatic N) is 2. The molecule has 1 unspecified atom stereocenters. The van der Waals surface area contributed by atoms with Crippen molar-refractivity contribution >= 4 is 5.91 Å². The summed E-state index contributed by atoms with van der Waals surface area (Å²) in [6, 6.07) is 4.18. The molecule has 2 aromatic rings. The van der Waals surface area contributed by atoms with Crippen molar-refractivity contribution in [1.29, 1.82) is 0 Å². The largest absolute Gasteiger partial charge is 0.381 e. The molecule has 2 aliphatic heterocycles. The van der Waals surface area contributed by atoms with Crippen LogP contribution in [0.4, 0.5) is 0 Å². The van der Waals surface area contributed by atoms with E-state index in [9.17, 15) is 4.79 Å². The van der Waals surface area contributed by atoms with Gasteiger partial charge in [-0.15, -0.1) is 0 Å². The standard InChI is InChI=1S/C18H24N4O3/c23-18(4-3-13-2-1-7-19-13)21-16-11-25-12-17-15(16)10-20-22(17)14-5-8-24-9-6-14/h1-2,7,10,14,16,19H,3-6,8-9,11-12H2,(H,21,23). The third-order valence-electron chi connectivity index (χ3n) is 4.99. The van der Waals surface area contributed by atoms with Gasteiger partial charge >= 0.3 is 0 Å². The molecule has 2 N–H and O–H groups in total. The zero-order valence-electron chi connectivity index (χ0n) is 14.2. The first-order valence-corrected chi connectivity index (χ1v) is 8.94. The van der Waals surface area contributed by atoms with Crippen LogP contribution >= 0.6 is 0 Å². The Morgan fingerprint density at radius 1 is 1.36 bits per heavy atom. The van der Waals surface area contributed by atoms with Crippen LogP contribution in [0.25, 0.3) is 0 Å². The Morgan fingerprint density at radius 3 is 3.04 bits per heavy atom. The van der Waals surface area contributed by atoms with Gasteiger partial charge in [-0.2, -0.15) is 5.10 Å². The summed E-state index contributed by atoms with van der Waals surface area (Å²) in [5.41, 5.74) is 3.25. The molecule has 7 nitrogen and oxygen atoms in total. The monoisotopic (exact) mass is 344 g/mol. The lowest BCUT2D eigenvalue weighted by molar-refractivity contribution is -0.122. The molecule has 4 heterocycles. The molecule has 1 amide bonds. The van der Waals surface area contributed by atoms with E-state index in [-0.39, 0.29) is 11.9 Å². The Hall–Kier alpha value is -2.12. The van der Waals surface area contributed by atoms with E-state index in [1.165, 1.54) is 0 Å². The van der Waals surface area contributed by atoms with E-state index in [4.69, 9.17) is 9.47 Å². The zero-order chi connectivity index (χ0) is 17.1. The lowest BCUT2D eigenvalue weighted by Crippen LogP contribution is -2.35. The number of H-pyrrole nitrogens is 1. The molecule has 2 aromatic heterocycles. The molecular weight excluding hydrogens is 320 g/mol. The normalized spacial score (nSPS) is 21.0. The van der Waals surface area contributed by atoms with Gasteiger partial charge in [0.2, 0.25) is 5.91 Å². The molecule has 1 fully saturated rings. The number of aromatic amines is 1. The Bertz CT molecular complexity index is 704. The fourth-order valence-corrected chi connectivity index (χ4v) is 3.61. The minimum absolute atomic E-state index is 0.0369. The van der Waals surface area contributed by atoms with Crippen LogP contribution in [0, 0.1) is 0 Å². The Balaban J connectivity index is 1.41. The number of carbonyl (C=O) groups is 1. The summed E-state index contributed by atoms with van der Waals surface area (Å²) < 4.78 is 13.3. The molecule has 0 radical (unpaired) electrons. The number of hydrogen-bond donors (Lipinski definition) is 2. The van der Waals surface area contributed by atoms with Crippen LogP contribution in [-0.2, 0) is 27.3 Å². The van der Waals surface area contributed by atoms with E-state index in [1.807, 2.05) is 24.5 Å². The van der Waals surface area contributed by atoms with Gasteiger partial charge in [-0.1, -0.05) is 0 Å². The first-order valence-electron chi connectivity index (χ1n) is 8.94. The van der Waals surface area contributed by atoms with Crippen LogP contribution in [0.1, 0.15) is 48.3 Å². The number of ether oxygens (including phenoxy) is 2.